The third kappa shape index (κ3) is 4.30. The predicted molar refractivity (Wildman–Crippen MR) is 67.7 cm³/mol. The summed E-state index contributed by atoms with van der Waals surface area (Å²) in [6.07, 6.45) is 4.36. The number of amides is 1. The van der Waals surface area contributed by atoms with E-state index < -0.39 is 0 Å². The van der Waals surface area contributed by atoms with Gasteiger partial charge in [0.15, 0.2) is 0 Å². The van der Waals surface area contributed by atoms with Crippen molar-refractivity contribution in [1.29, 1.82) is 0 Å². The lowest BCUT2D eigenvalue weighted by atomic mass is 10.1. The highest BCUT2D eigenvalue weighted by atomic mass is 16.2. The van der Waals surface area contributed by atoms with Crippen LogP contribution in [0.1, 0.15) is 25.8 Å². The molecule has 0 unspecified atom stereocenters. The Labute approximate surface area is 97.6 Å². The van der Waals surface area contributed by atoms with Crippen LogP contribution < -0.4 is 0 Å². The summed E-state index contributed by atoms with van der Waals surface area (Å²) < 4.78 is 0. The van der Waals surface area contributed by atoms with Crippen molar-refractivity contribution in [2.24, 2.45) is 5.92 Å². The Kier molecular flexibility index (Phi) is 4.77. The van der Waals surface area contributed by atoms with Crippen molar-refractivity contribution in [3.8, 4) is 0 Å². The van der Waals surface area contributed by atoms with Crippen LogP contribution in [0.15, 0.2) is 36.5 Å². The van der Waals surface area contributed by atoms with Gasteiger partial charge in [-0.15, -0.1) is 0 Å². The van der Waals surface area contributed by atoms with Crippen molar-refractivity contribution >= 4 is 12.0 Å². The Morgan fingerprint density at radius 3 is 2.50 bits per heavy atom. The van der Waals surface area contributed by atoms with Crippen LogP contribution in [-0.4, -0.2) is 17.9 Å². The smallest absolute Gasteiger partial charge is 0.226 e. The van der Waals surface area contributed by atoms with Crippen LogP contribution in [0.3, 0.4) is 0 Å². The van der Waals surface area contributed by atoms with E-state index in [1.807, 2.05) is 56.5 Å². The van der Waals surface area contributed by atoms with Crippen LogP contribution in [0.4, 0.5) is 0 Å². The second kappa shape index (κ2) is 6.11. The molecule has 1 rings (SSSR count). The number of nitrogens with zero attached hydrogens (tertiary/aromatic N) is 1. The van der Waals surface area contributed by atoms with Crippen molar-refractivity contribution < 1.29 is 4.79 Å². The van der Waals surface area contributed by atoms with E-state index in [1.165, 1.54) is 0 Å². The van der Waals surface area contributed by atoms with E-state index in [4.69, 9.17) is 0 Å². The van der Waals surface area contributed by atoms with Crippen LogP contribution in [0, 0.1) is 5.92 Å². The van der Waals surface area contributed by atoms with E-state index in [0.29, 0.717) is 12.3 Å². The summed E-state index contributed by atoms with van der Waals surface area (Å²) in [5.74, 6) is 0.558. The van der Waals surface area contributed by atoms with Gasteiger partial charge < -0.3 is 4.90 Å². The summed E-state index contributed by atoms with van der Waals surface area (Å²) >= 11 is 0. The van der Waals surface area contributed by atoms with E-state index in [-0.39, 0.29) is 5.91 Å². The van der Waals surface area contributed by atoms with Gasteiger partial charge in [-0.25, -0.2) is 0 Å². The summed E-state index contributed by atoms with van der Waals surface area (Å²) in [5, 5.41) is 0. The van der Waals surface area contributed by atoms with Gasteiger partial charge in [0.05, 0.1) is 0 Å². The quantitative estimate of drug-likeness (QED) is 0.758. The summed E-state index contributed by atoms with van der Waals surface area (Å²) in [7, 11) is 1.80. The molecule has 0 radical (unpaired) electrons. The van der Waals surface area contributed by atoms with E-state index in [2.05, 4.69) is 0 Å². The van der Waals surface area contributed by atoms with Gasteiger partial charge in [-0.05, 0) is 17.6 Å². The van der Waals surface area contributed by atoms with Gasteiger partial charge in [-0.1, -0.05) is 44.2 Å². The van der Waals surface area contributed by atoms with Gasteiger partial charge >= 0.3 is 0 Å². The van der Waals surface area contributed by atoms with Crippen molar-refractivity contribution in [3.63, 3.8) is 0 Å². The number of hydrogen-bond acceptors (Lipinski definition) is 1. The Bertz CT molecular complexity index is 354. The molecule has 86 valence electrons. The predicted octanol–water partition coefficient (Wildman–Crippen LogP) is 3.16. The lowest BCUT2D eigenvalue weighted by Gasteiger charge is -2.13. The highest BCUT2D eigenvalue weighted by Crippen LogP contribution is 2.05. The first kappa shape index (κ1) is 12.5. The van der Waals surface area contributed by atoms with Gasteiger partial charge in [-0.3, -0.25) is 4.79 Å². The molecule has 0 N–H and O–H groups in total. The number of benzene rings is 1. The molecule has 0 aliphatic rings. The molecule has 0 atom stereocenters. The van der Waals surface area contributed by atoms with Crippen molar-refractivity contribution in [2.45, 2.75) is 20.3 Å². The summed E-state index contributed by atoms with van der Waals surface area (Å²) in [4.78, 5) is 13.3. The first-order valence-corrected chi connectivity index (χ1v) is 5.58. The highest BCUT2D eigenvalue weighted by Gasteiger charge is 2.07. The first-order chi connectivity index (χ1) is 7.59. The fraction of sp³-hybridized carbons (Fsp3) is 0.357. The summed E-state index contributed by atoms with van der Waals surface area (Å²) in [6.45, 7) is 4.10. The third-order valence-corrected chi connectivity index (χ3v) is 2.27. The van der Waals surface area contributed by atoms with Crippen LogP contribution in [-0.2, 0) is 4.79 Å². The molecular formula is C14H19NO. The minimum Gasteiger partial charge on any atom is -0.322 e. The lowest BCUT2D eigenvalue weighted by Crippen LogP contribution is -2.21. The largest absolute Gasteiger partial charge is 0.322 e. The fourth-order valence-electron chi connectivity index (χ4n) is 1.34. The van der Waals surface area contributed by atoms with E-state index >= 15 is 0 Å². The van der Waals surface area contributed by atoms with E-state index in [9.17, 15) is 4.79 Å². The molecule has 2 heteroatoms. The minimum atomic E-state index is 0.155. The van der Waals surface area contributed by atoms with E-state index in [1.54, 1.807) is 11.9 Å². The van der Waals surface area contributed by atoms with Crippen molar-refractivity contribution in [3.05, 3.63) is 42.1 Å². The molecule has 1 aromatic carbocycles. The number of hydrogen-bond donors (Lipinski definition) is 0. The minimum absolute atomic E-state index is 0.155. The van der Waals surface area contributed by atoms with Crippen LogP contribution in [0.25, 0.3) is 6.08 Å². The van der Waals surface area contributed by atoms with Crippen LogP contribution in [0.5, 0.6) is 0 Å². The van der Waals surface area contributed by atoms with Gasteiger partial charge in [0.1, 0.15) is 0 Å². The van der Waals surface area contributed by atoms with Crippen molar-refractivity contribution in [2.75, 3.05) is 7.05 Å². The Balaban J connectivity index is 2.54. The molecular weight excluding hydrogens is 198 g/mol. The topological polar surface area (TPSA) is 20.3 Å². The average molecular weight is 217 g/mol. The normalized spacial score (nSPS) is 11.0. The van der Waals surface area contributed by atoms with Crippen molar-refractivity contribution in [1.82, 2.24) is 4.90 Å². The van der Waals surface area contributed by atoms with Crippen LogP contribution in [0.2, 0.25) is 0 Å². The van der Waals surface area contributed by atoms with Gasteiger partial charge in [0.2, 0.25) is 5.91 Å². The Hall–Kier alpha value is -1.57. The standard InChI is InChI=1S/C14H19NO/c1-12(2)11-14(16)15(3)10-9-13-7-5-4-6-8-13/h4-10,12H,11H2,1-3H3/b10-9-. The fourth-order valence-corrected chi connectivity index (χ4v) is 1.34. The second-order valence-corrected chi connectivity index (χ2v) is 4.33. The number of carbonyl (C=O) groups is 1. The molecule has 0 bridgehead atoms. The zero-order valence-corrected chi connectivity index (χ0v) is 10.2. The summed E-state index contributed by atoms with van der Waals surface area (Å²) in [5.41, 5.74) is 1.10. The van der Waals surface area contributed by atoms with Crippen LogP contribution >= 0.6 is 0 Å². The molecule has 0 heterocycles. The molecule has 0 aromatic heterocycles. The molecule has 0 aliphatic heterocycles. The number of carbonyl (C=O) groups excluding carboxylic acids is 1. The Morgan fingerprint density at radius 2 is 1.94 bits per heavy atom. The lowest BCUT2D eigenvalue weighted by molar-refractivity contribution is -0.128. The zero-order chi connectivity index (χ0) is 12.0. The molecule has 1 amide bonds. The average Bonchev–Trinajstić information content (AvgIpc) is 2.26. The maximum atomic E-state index is 11.6. The molecule has 1 aromatic rings. The number of rotatable bonds is 4. The van der Waals surface area contributed by atoms with Gasteiger partial charge in [0.25, 0.3) is 0 Å². The molecule has 2 nitrogen and oxygen atoms in total. The third-order valence-electron chi connectivity index (χ3n) is 2.27. The van der Waals surface area contributed by atoms with Gasteiger partial charge in [-0.2, -0.15) is 0 Å². The molecule has 0 saturated carbocycles. The monoisotopic (exact) mass is 217 g/mol. The first-order valence-electron chi connectivity index (χ1n) is 5.58. The maximum absolute atomic E-state index is 11.6. The van der Waals surface area contributed by atoms with Gasteiger partial charge in [0, 0.05) is 19.7 Å². The Morgan fingerprint density at radius 1 is 1.31 bits per heavy atom. The molecule has 0 spiro atoms. The molecule has 0 aliphatic carbocycles. The summed E-state index contributed by atoms with van der Waals surface area (Å²) in [6, 6.07) is 9.96. The second-order valence-electron chi connectivity index (χ2n) is 4.33. The highest BCUT2D eigenvalue weighted by molar-refractivity contribution is 5.77. The van der Waals surface area contributed by atoms with E-state index in [0.717, 1.165) is 5.56 Å². The molecule has 0 saturated heterocycles. The molecule has 0 fully saturated rings. The maximum Gasteiger partial charge on any atom is 0.226 e. The SMILES string of the molecule is CC(C)CC(=O)N(C)/C=C\c1ccccc1. The molecule has 16 heavy (non-hydrogen) atoms. The zero-order valence-electron chi connectivity index (χ0n) is 10.2.